The fourth-order valence-corrected chi connectivity index (χ4v) is 3.64. The Labute approximate surface area is 219 Å². The van der Waals surface area contributed by atoms with Crippen LogP contribution in [-0.4, -0.2) is 56.2 Å². The maximum atomic E-state index is 13.2. The van der Waals surface area contributed by atoms with Gasteiger partial charge in [-0.2, -0.15) is 5.26 Å². The van der Waals surface area contributed by atoms with Crippen LogP contribution in [0, 0.1) is 17.1 Å². The topological polar surface area (TPSA) is 115 Å². The number of methoxy groups -OCH3 is 1. The summed E-state index contributed by atoms with van der Waals surface area (Å²) in [5.41, 5.74) is 1.68. The Balaban J connectivity index is 1.77. The number of amides is 2. The number of nitriles is 1. The molecule has 0 aliphatic carbocycles. The molecule has 198 valence electrons. The van der Waals surface area contributed by atoms with E-state index in [1.54, 1.807) is 43.3 Å². The lowest BCUT2D eigenvalue weighted by molar-refractivity contribution is -0.142. The zero-order valence-electron chi connectivity index (χ0n) is 21.3. The minimum absolute atomic E-state index is 0.0116. The zero-order chi connectivity index (χ0) is 27.7. The van der Waals surface area contributed by atoms with Crippen molar-refractivity contribution < 1.29 is 37.7 Å². The number of carbonyl (C=O) groups is 3. The second-order valence-corrected chi connectivity index (χ2v) is 8.21. The quantitative estimate of drug-likeness (QED) is 0.190. The lowest BCUT2D eigenvalue weighted by Crippen LogP contribution is -2.44. The fourth-order valence-electron chi connectivity index (χ4n) is 3.64. The van der Waals surface area contributed by atoms with Gasteiger partial charge >= 0.3 is 5.97 Å². The van der Waals surface area contributed by atoms with Gasteiger partial charge in [-0.3, -0.25) is 19.3 Å². The molecule has 0 radical (unpaired) electrons. The van der Waals surface area contributed by atoms with Crippen LogP contribution < -0.4 is 9.47 Å². The molecule has 0 fully saturated rings. The molecule has 1 aliphatic heterocycles. The predicted molar refractivity (Wildman–Crippen MR) is 134 cm³/mol. The van der Waals surface area contributed by atoms with Crippen molar-refractivity contribution in [3.63, 3.8) is 0 Å². The number of halogens is 1. The summed E-state index contributed by atoms with van der Waals surface area (Å²) in [6, 6.07) is 12.9. The predicted octanol–water partition coefficient (Wildman–Crippen LogP) is 3.59. The summed E-state index contributed by atoms with van der Waals surface area (Å²) in [7, 11) is 1.48. The Bertz CT molecular complexity index is 1310. The van der Waals surface area contributed by atoms with Gasteiger partial charge in [-0.15, -0.1) is 0 Å². The molecule has 0 saturated heterocycles. The van der Waals surface area contributed by atoms with Gasteiger partial charge in [0.15, 0.2) is 11.5 Å². The summed E-state index contributed by atoms with van der Waals surface area (Å²) in [5, 5.41) is 9.57. The molecule has 0 unspecified atom stereocenters. The standard InChI is InChI=1S/C28H27FN2O7/c1-18-23(27(33)31(28(34)24(18)16-30)10-11-36-12-13-37-19(2)32)14-21-6-9-25(26(15-21)35-3)38-17-20-4-7-22(29)8-5-20/h4-9,14-15H,10-13,17H2,1-3H3/b23-14+. The summed E-state index contributed by atoms with van der Waals surface area (Å²) in [4.78, 5) is 37.7. The van der Waals surface area contributed by atoms with E-state index in [1.165, 1.54) is 26.2 Å². The molecule has 2 aromatic carbocycles. The van der Waals surface area contributed by atoms with Crippen LogP contribution in [-0.2, 0) is 30.5 Å². The van der Waals surface area contributed by atoms with Crippen molar-refractivity contribution >= 4 is 23.9 Å². The Morgan fingerprint density at radius 1 is 1.05 bits per heavy atom. The molecule has 0 saturated carbocycles. The first-order valence-electron chi connectivity index (χ1n) is 11.7. The SMILES string of the molecule is COc1cc(/C=C2/C(=O)N(CCOCCOC(C)=O)C(=O)C(C#N)=C2C)ccc1OCc1ccc(F)cc1. The third-order valence-electron chi connectivity index (χ3n) is 5.62. The highest BCUT2D eigenvalue weighted by atomic mass is 19.1. The van der Waals surface area contributed by atoms with Crippen molar-refractivity contribution in [1.29, 1.82) is 5.26 Å². The molecular formula is C28H27FN2O7. The molecule has 38 heavy (non-hydrogen) atoms. The molecular weight excluding hydrogens is 495 g/mol. The normalized spacial score (nSPS) is 14.5. The fraction of sp³-hybridized carbons (Fsp3) is 0.286. The lowest BCUT2D eigenvalue weighted by Gasteiger charge is -2.27. The minimum atomic E-state index is -0.696. The molecule has 0 spiro atoms. The van der Waals surface area contributed by atoms with Gasteiger partial charge in [-0.25, -0.2) is 4.39 Å². The van der Waals surface area contributed by atoms with Crippen LogP contribution in [0.25, 0.3) is 6.08 Å². The van der Waals surface area contributed by atoms with Gasteiger partial charge in [-0.1, -0.05) is 18.2 Å². The number of ether oxygens (including phenoxy) is 4. The van der Waals surface area contributed by atoms with Crippen LogP contribution in [0.2, 0.25) is 0 Å². The van der Waals surface area contributed by atoms with Gasteiger partial charge < -0.3 is 18.9 Å². The molecule has 9 nitrogen and oxygen atoms in total. The van der Waals surface area contributed by atoms with Gasteiger partial charge in [0.25, 0.3) is 11.8 Å². The Morgan fingerprint density at radius 3 is 2.45 bits per heavy atom. The van der Waals surface area contributed by atoms with Crippen LogP contribution in [0.4, 0.5) is 4.39 Å². The molecule has 3 rings (SSSR count). The maximum absolute atomic E-state index is 13.2. The van der Waals surface area contributed by atoms with Gasteiger partial charge in [0, 0.05) is 12.5 Å². The summed E-state index contributed by atoms with van der Waals surface area (Å²) in [5.74, 6) is -1.18. The van der Waals surface area contributed by atoms with Crippen molar-refractivity contribution in [1.82, 2.24) is 4.90 Å². The number of hydrogen-bond acceptors (Lipinski definition) is 8. The average molecular weight is 523 g/mol. The van der Waals surface area contributed by atoms with E-state index >= 15 is 0 Å². The summed E-state index contributed by atoms with van der Waals surface area (Å²) >= 11 is 0. The highest BCUT2D eigenvalue weighted by molar-refractivity contribution is 6.19. The number of benzene rings is 2. The molecule has 1 heterocycles. The van der Waals surface area contributed by atoms with E-state index < -0.39 is 17.8 Å². The van der Waals surface area contributed by atoms with E-state index in [2.05, 4.69) is 0 Å². The van der Waals surface area contributed by atoms with E-state index in [0.717, 1.165) is 10.5 Å². The number of esters is 1. The second kappa shape index (κ2) is 13.2. The second-order valence-electron chi connectivity index (χ2n) is 8.21. The molecule has 0 aromatic heterocycles. The Kier molecular flexibility index (Phi) is 9.73. The average Bonchev–Trinajstić information content (AvgIpc) is 2.90. The summed E-state index contributed by atoms with van der Waals surface area (Å²) < 4.78 is 34.5. The van der Waals surface area contributed by atoms with Crippen molar-refractivity contribution in [3.8, 4) is 17.6 Å². The van der Waals surface area contributed by atoms with Gasteiger partial charge in [-0.05, 0) is 54.0 Å². The molecule has 0 N–H and O–H groups in total. The van der Waals surface area contributed by atoms with Crippen molar-refractivity contribution in [3.05, 3.63) is 76.1 Å². The van der Waals surface area contributed by atoms with E-state index in [4.69, 9.17) is 18.9 Å². The largest absolute Gasteiger partial charge is 0.493 e. The summed E-state index contributed by atoms with van der Waals surface area (Å²) in [6.07, 6.45) is 1.57. The smallest absolute Gasteiger partial charge is 0.302 e. The molecule has 0 atom stereocenters. The minimum Gasteiger partial charge on any atom is -0.493 e. The van der Waals surface area contributed by atoms with Crippen LogP contribution in [0.15, 0.2) is 59.2 Å². The first-order valence-corrected chi connectivity index (χ1v) is 11.7. The molecule has 2 amide bonds. The molecule has 10 heteroatoms. The molecule has 1 aliphatic rings. The maximum Gasteiger partial charge on any atom is 0.302 e. The highest BCUT2D eigenvalue weighted by Crippen LogP contribution is 2.32. The number of carbonyl (C=O) groups excluding carboxylic acids is 3. The van der Waals surface area contributed by atoms with Crippen LogP contribution >= 0.6 is 0 Å². The third-order valence-corrected chi connectivity index (χ3v) is 5.62. The van der Waals surface area contributed by atoms with E-state index in [9.17, 15) is 24.0 Å². The van der Waals surface area contributed by atoms with Gasteiger partial charge in [0.05, 0.1) is 26.9 Å². The Hall–Kier alpha value is -4.49. The zero-order valence-corrected chi connectivity index (χ0v) is 21.3. The van der Waals surface area contributed by atoms with E-state index in [0.29, 0.717) is 17.1 Å². The number of nitrogens with zero attached hydrogens (tertiary/aromatic N) is 2. The highest BCUT2D eigenvalue weighted by Gasteiger charge is 2.35. The van der Waals surface area contributed by atoms with Crippen molar-refractivity contribution in [2.45, 2.75) is 20.5 Å². The van der Waals surface area contributed by atoms with Gasteiger partial charge in [0.1, 0.15) is 30.7 Å². The molecule has 0 bridgehead atoms. The first kappa shape index (κ1) is 28.1. The van der Waals surface area contributed by atoms with Gasteiger partial charge in [0.2, 0.25) is 0 Å². The molecule has 2 aromatic rings. The lowest BCUT2D eigenvalue weighted by atomic mass is 9.93. The van der Waals surface area contributed by atoms with Crippen molar-refractivity contribution in [2.24, 2.45) is 0 Å². The van der Waals surface area contributed by atoms with E-state index in [1.807, 2.05) is 6.07 Å². The monoisotopic (exact) mass is 522 g/mol. The Morgan fingerprint density at radius 2 is 1.79 bits per heavy atom. The van der Waals surface area contributed by atoms with Crippen LogP contribution in [0.3, 0.4) is 0 Å². The number of rotatable bonds is 11. The summed E-state index contributed by atoms with van der Waals surface area (Å²) in [6.45, 7) is 3.11. The number of hydrogen-bond donors (Lipinski definition) is 0. The number of imide groups is 1. The van der Waals surface area contributed by atoms with E-state index in [-0.39, 0.29) is 55.5 Å². The van der Waals surface area contributed by atoms with Crippen LogP contribution in [0.1, 0.15) is 25.0 Å². The van der Waals surface area contributed by atoms with Crippen LogP contribution in [0.5, 0.6) is 11.5 Å². The van der Waals surface area contributed by atoms with Crippen molar-refractivity contribution in [2.75, 3.05) is 33.5 Å². The third kappa shape index (κ3) is 7.05. The first-order chi connectivity index (χ1) is 18.2.